The zero-order valence-corrected chi connectivity index (χ0v) is 13.8. The van der Waals surface area contributed by atoms with Crippen molar-refractivity contribution in [2.45, 2.75) is 47.1 Å². The summed E-state index contributed by atoms with van der Waals surface area (Å²) >= 11 is 1.71. The number of hydrogen-bond acceptors (Lipinski definition) is 5. The molecule has 0 bridgehead atoms. The third-order valence-corrected chi connectivity index (χ3v) is 4.49. The van der Waals surface area contributed by atoms with Crippen LogP contribution in [0, 0.1) is 19.3 Å². The van der Waals surface area contributed by atoms with Crippen molar-refractivity contribution in [3.05, 3.63) is 16.8 Å². The summed E-state index contributed by atoms with van der Waals surface area (Å²) in [6.07, 6.45) is 2.60. The predicted molar refractivity (Wildman–Crippen MR) is 87.4 cm³/mol. The molecule has 3 N–H and O–H groups in total. The van der Waals surface area contributed by atoms with Gasteiger partial charge in [-0.15, -0.1) is 11.3 Å². The maximum Gasteiger partial charge on any atom is 0.138 e. The van der Waals surface area contributed by atoms with Gasteiger partial charge in [0.15, 0.2) is 0 Å². The maximum atomic E-state index is 6.19. The lowest BCUT2D eigenvalue weighted by molar-refractivity contribution is 0.344. The molecule has 2 rings (SSSR count). The van der Waals surface area contributed by atoms with Crippen LogP contribution in [0.5, 0.6) is 0 Å². The second kappa shape index (κ2) is 5.66. The smallest absolute Gasteiger partial charge is 0.138 e. The number of thiophene rings is 1. The van der Waals surface area contributed by atoms with Gasteiger partial charge in [-0.05, 0) is 31.2 Å². The number of anilines is 1. The van der Waals surface area contributed by atoms with E-state index >= 15 is 0 Å². The molecule has 0 aromatic carbocycles. The molecule has 0 saturated carbocycles. The van der Waals surface area contributed by atoms with Gasteiger partial charge in [-0.1, -0.05) is 20.8 Å². The Morgan fingerprint density at radius 1 is 1.30 bits per heavy atom. The number of aryl methyl sites for hydroxylation is 2. The summed E-state index contributed by atoms with van der Waals surface area (Å²) < 4.78 is 0. The van der Waals surface area contributed by atoms with Crippen LogP contribution in [0.25, 0.3) is 10.2 Å². The van der Waals surface area contributed by atoms with Crippen LogP contribution in [0.1, 0.15) is 37.6 Å². The molecule has 1 unspecified atom stereocenters. The summed E-state index contributed by atoms with van der Waals surface area (Å²) in [4.78, 5) is 11.1. The summed E-state index contributed by atoms with van der Waals surface area (Å²) in [5, 5.41) is 4.53. The molecule has 0 saturated heterocycles. The molecule has 2 aromatic rings. The molecule has 4 nitrogen and oxygen atoms in total. The number of nitrogens with two attached hydrogens (primary N) is 1. The third-order valence-electron chi connectivity index (χ3n) is 3.37. The van der Waals surface area contributed by atoms with Crippen LogP contribution in [-0.2, 0) is 0 Å². The highest BCUT2D eigenvalue weighted by atomic mass is 32.1. The van der Waals surface area contributed by atoms with Gasteiger partial charge in [-0.3, -0.25) is 0 Å². The highest BCUT2D eigenvalue weighted by Gasteiger charge is 2.17. The van der Waals surface area contributed by atoms with Crippen molar-refractivity contribution in [3.63, 3.8) is 0 Å². The zero-order valence-electron chi connectivity index (χ0n) is 12.9. The van der Waals surface area contributed by atoms with E-state index in [0.29, 0.717) is 0 Å². The van der Waals surface area contributed by atoms with Gasteiger partial charge in [0.2, 0.25) is 0 Å². The van der Waals surface area contributed by atoms with E-state index in [2.05, 4.69) is 49.9 Å². The minimum Gasteiger partial charge on any atom is -0.368 e. The van der Waals surface area contributed by atoms with Gasteiger partial charge >= 0.3 is 0 Å². The quantitative estimate of drug-likeness (QED) is 0.905. The van der Waals surface area contributed by atoms with E-state index in [-0.39, 0.29) is 11.5 Å². The lowest BCUT2D eigenvalue weighted by atomic mass is 9.88. The lowest BCUT2D eigenvalue weighted by Gasteiger charge is -2.23. The summed E-state index contributed by atoms with van der Waals surface area (Å²) in [6, 6.07) is 0.125. The molecule has 0 spiro atoms. The first-order valence-corrected chi connectivity index (χ1v) is 7.80. The molecule has 2 heterocycles. The van der Waals surface area contributed by atoms with Gasteiger partial charge in [0.25, 0.3) is 0 Å². The third kappa shape index (κ3) is 3.46. The molecular formula is C15H24N4S. The van der Waals surface area contributed by atoms with Crippen molar-refractivity contribution < 1.29 is 0 Å². The Bertz CT molecular complexity index is 598. The monoisotopic (exact) mass is 292 g/mol. The van der Waals surface area contributed by atoms with E-state index in [9.17, 15) is 0 Å². The Morgan fingerprint density at radius 3 is 2.65 bits per heavy atom. The van der Waals surface area contributed by atoms with Crippen LogP contribution < -0.4 is 11.1 Å². The Balaban J connectivity index is 2.14. The largest absolute Gasteiger partial charge is 0.368 e. The van der Waals surface area contributed by atoms with E-state index in [1.54, 1.807) is 17.7 Å². The number of fused-ring (bicyclic) bond motifs is 1. The topological polar surface area (TPSA) is 63.8 Å². The van der Waals surface area contributed by atoms with E-state index in [0.717, 1.165) is 29.0 Å². The van der Waals surface area contributed by atoms with Crippen molar-refractivity contribution in [1.29, 1.82) is 0 Å². The fourth-order valence-corrected chi connectivity index (χ4v) is 3.40. The molecule has 110 valence electrons. The minimum atomic E-state index is 0.125. The first-order chi connectivity index (χ1) is 9.28. The maximum absolute atomic E-state index is 6.19. The average Bonchev–Trinajstić information content (AvgIpc) is 2.61. The molecule has 0 aliphatic carbocycles. The van der Waals surface area contributed by atoms with Gasteiger partial charge in [0.1, 0.15) is 17.0 Å². The minimum absolute atomic E-state index is 0.125. The Kier molecular flexibility index (Phi) is 4.30. The molecule has 5 heteroatoms. The number of hydrogen-bond donors (Lipinski definition) is 2. The number of aromatic nitrogens is 2. The van der Waals surface area contributed by atoms with Crippen molar-refractivity contribution in [2.75, 3.05) is 11.9 Å². The standard InChI is InChI=1S/C15H24N4S/c1-9-10(2)20-14-12(9)13(18-8-19-14)17-7-11(16)6-15(3,4)5/h8,11H,6-7,16H2,1-5H3,(H,17,18,19). The Hall–Kier alpha value is -1.20. The van der Waals surface area contributed by atoms with Crippen LogP contribution in [0.3, 0.4) is 0 Å². The average molecular weight is 292 g/mol. The van der Waals surface area contributed by atoms with E-state index < -0.39 is 0 Å². The van der Waals surface area contributed by atoms with Crippen molar-refractivity contribution in [3.8, 4) is 0 Å². The van der Waals surface area contributed by atoms with Crippen LogP contribution in [0.4, 0.5) is 5.82 Å². The highest BCUT2D eigenvalue weighted by Crippen LogP contribution is 2.32. The van der Waals surface area contributed by atoms with E-state index in [1.807, 2.05) is 0 Å². The fraction of sp³-hybridized carbons (Fsp3) is 0.600. The molecule has 2 aromatic heterocycles. The predicted octanol–water partition coefficient (Wildman–Crippen LogP) is 3.48. The molecule has 0 aliphatic heterocycles. The molecular weight excluding hydrogens is 268 g/mol. The molecule has 0 aliphatic rings. The summed E-state index contributed by atoms with van der Waals surface area (Å²) in [5.74, 6) is 0.904. The van der Waals surface area contributed by atoms with Crippen molar-refractivity contribution >= 4 is 27.4 Å². The Morgan fingerprint density at radius 2 is 2.00 bits per heavy atom. The van der Waals surface area contributed by atoms with Crippen LogP contribution in [0.15, 0.2) is 6.33 Å². The van der Waals surface area contributed by atoms with E-state index in [4.69, 9.17) is 5.73 Å². The van der Waals surface area contributed by atoms with Gasteiger partial charge < -0.3 is 11.1 Å². The fourth-order valence-electron chi connectivity index (χ4n) is 2.40. The van der Waals surface area contributed by atoms with Gasteiger partial charge in [0, 0.05) is 17.5 Å². The molecule has 1 atom stereocenters. The summed E-state index contributed by atoms with van der Waals surface area (Å²) in [6.45, 7) is 11.6. The first kappa shape index (κ1) is 15.2. The summed E-state index contributed by atoms with van der Waals surface area (Å²) in [7, 11) is 0. The lowest BCUT2D eigenvalue weighted by Crippen LogP contribution is -2.33. The normalized spacial score (nSPS) is 13.7. The van der Waals surface area contributed by atoms with Crippen LogP contribution in [-0.4, -0.2) is 22.6 Å². The molecule has 0 fully saturated rings. The highest BCUT2D eigenvalue weighted by molar-refractivity contribution is 7.18. The SMILES string of the molecule is Cc1sc2ncnc(NCC(N)CC(C)(C)C)c2c1C. The van der Waals surface area contributed by atoms with E-state index in [1.165, 1.54) is 10.4 Å². The van der Waals surface area contributed by atoms with Gasteiger partial charge in [-0.25, -0.2) is 9.97 Å². The number of nitrogens with one attached hydrogen (secondary N) is 1. The molecule has 0 amide bonds. The second-order valence-electron chi connectivity index (χ2n) is 6.59. The first-order valence-electron chi connectivity index (χ1n) is 6.98. The zero-order chi connectivity index (χ0) is 14.9. The molecule has 0 radical (unpaired) electrons. The van der Waals surface area contributed by atoms with Gasteiger partial charge in [0.05, 0.1) is 5.39 Å². The summed E-state index contributed by atoms with van der Waals surface area (Å²) in [5.41, 5.74) is 7.70. The second-order valence-corrected chi connectivity index (χ2v) is 7.79. The number of nitrogens with zero attached hydrogens (tertiary/aromatic N) is 2. The Labute approximate surface area is 124 Å². The number of rotatable bonds is 4. The molecule has 20 heavy (non-hydrogen) atoms. The van der Waals surface area contributed by atoms with Gasteiger partial charge in [-0.2, -0.15) is 0 Å². The van der Waals surface area contributed by atoms with Crippen LogP contribution in [0.2, 0.25) is 0 Å². The van der Waals surface area contributed by atoms with Crippen LogP contribution >= 0.6 is 11.3 Å². The van der Waals surface area contributed by atoms with Crippen molar-refractivity contribution in [1.82, 2.24) is 9.97 Å². The van der Waals surface area contributed by atoms with Crippen molar-refractivity contribution in [2.24, 2.45) is 11.1 Å².